The van der Waals surface area contributed by atoms with Crippen LogP contribution in [0.4, 0.5) is 0 Å². The molecule has 0 aromatic carbocycles. The van der Waals surface area contributed by atoms with Crippen molar-refractivity contribution in [2.45, 2.75) is 26.0 Å². The number of nitrogens with zero attached hydrogens (tertiary/aromatic N) is 4. The Labute approximate surface area is 124 Å². The number of β-amino-alcohol motifs (C(OH)–C–C–N with tert-alkyl or cyclic N) is 1. The van der Waals surface area contributed by atoms with Crippen molar-refractivity contribution in [3.8, 4) is 0 Å². The largest absolute Gasteiger partial charge is 0.478 e. The van der Waals surface area contributed by atoms with Gasteiger partial charge in [-0.15, -0.1) is 0 Å². The van der Waals surface area contributed by atoms with Gasteiger partial charge in [0.2, 0.25) is 0 Å². The number of aromatic carboxylic acids is 1. The van der Waals surface area contributed by atoms with Gasteiger partial charge in [0.1, 0.15) is 5.56 Å². The second kappa shape index (κ2) is 6.13. The van der Waals surface area contributed by atoms with Crippen molar-refractivity contribution < 1.29 is 15.0 Å². The molecule has 2 N–H and O–H groups in total. The number of carboxylic acid groups (broad SMARTS) is 1. The van der Waals surface area contributed by atoms with Crippen molar-refractivity contribution in [3.63, 3.8) is 0 Å². The Morgan fingerprint density at radius 2 is 1.86 bits per heavy atom. The summed E-state index contributed by atoms with van der Waals surface area (Å²) in [6.45, 7) is 8.36. The fraction of sp³-hybridized carbons (Fsp3) is 0.714. The van der Waals surface area contributed by atoms with E-state index < -0.39 is 11.6 Å². The minimum atomic E-state index is -0.932. The molecule has 0 atom stereocenters. The first kappa shape index (κ1) is 15.9. The Hall–Kier alpha value is -1.44. The van der Waals surface area contributed by atoms with Crippen LogP contribution in [0.25, 0.3) is 0 Å². The molecular formula is C14H24N4O3. The number of hydrogen-bond donors (Lipinski definition) is 2. The van der Waals surface area contributed by atoms with Crippen LogP contribution in [0.5, 0.6) is 0 Å². The number of hydrogen-bond acceptors (Lipinski definition) is 5. The Morgan fingerprint density at radius 1 is 1.29 bits per heavy atom. The molecule has 1 aliphatic rings. The molecule has 118 valence electrons. The molecule has 21 heavy (non-hydrogen) atoms. The van der Waals surface area contributed by atoms with Gasteiger partial charge in [0.05, 0.1) is 17.5 Å². The summed E-state index contributed by atoms with van der Waals surface area (Å²) in [5.74, 6) is -0.932. The third-order valence-corrected chi connectivity index (χ3v) is 3.74. The van der Waals surface area contributed by atoms with Crippen LogP contribution in [0.2, 0.25) is 0 Å². The third kappa shape index (κ3) is 4.26. The van der Waals surface area contributed by atoms with Gasteiger partial charge in [-0.3, -0.25) is 14.5 Å². The van der Waals surface area contributed by atoms with Gasteiger partial charge < -0.3 is 10.2 Å². The SMILES string of the molecule is Cn1ncc(C(=O)O)c1CN1CCN(CC(C)(C)O)CC1. The fourth-order valence-corrected chi connectivity index (χ4v) is 2.69. The molecule has 1 aliphatic heterocycles. The van der Waals surface area contributed by atoms with Crippen molar-refractivity contribution in [1.82, 2.24) is 19.6 Å². The van der Waals surface area contributed by atoms with Crippen molar-refractivity contribution in [1.29, 1.82) is 0 Å². The van der Waals surface area contributed by atoms with Gasteiger partial charge in [0.15, 0.2) is 0 Å². The Kier molecular flexibility index (Phi) is 4.65. The van der Waals surface area contributed by atoms with E-state index in [9.17, 15) is 15.0 Å². The van der Waals surface area contributed by atoms with Gasteiger partial charge in [0.25, 0.3) is 0 Å². The molecule has 0 unspecified atom stereocenters. The number of aliphatic hydroxyl groups is 1. The van der Waals surface area contributed by atoms with E-state index in [1.807, 2.05) is 13.8 Å². The van der Waals surface area contributed by atoms with Gasteiger partial charge in [-0.1, -0.05) is 0 Å². The summed E-state index contributed by atoms with van der Waals surface area (Å²) in [5, 5.41) is 23.0. The molecule has 2 rings (SSSR count). The molecule has 0 radical (unpaired) electrons. The predicted octanol–water partition coefficient (Wildman–Crippen LogP) is 0.00680. The maximum Gasteiger partial charge on any atom is 0.339 e. The molecule has 2 heterocycles. The molecule has 0 bridgehead atoms. The second-order valence-corrected chi connectivity index (χ2v) is 6.30. The molecule has 0 aliphatic carbocycles. The highest BCUT2D eigenvalue weighted by atomic mass is 16.4. The van der Waals surface area contributed by atoms with Crippen LogP contribution in [-0.4, -0.2) is 74.1 Å². The Balaban J connectivity index is 1.92. The maximum atomic E-state index is 11.2. The quantitative estimate of drug-likeness (QED) is 0.796. The summed E-state index contributed by atoms with van der Waals surface area (Å²) in [5.41, 5.74) is 0.329. The first-order valence-corrected chi connectivity index (χ1v) is 7.17. The number of aromatic nitrogens is 2. The van der Waals surface area contributed by atoms with Crippen LogP contribution in [0.15, 0.2) is 6.20 Å². The molecule has 0 saturated carbocycles. The molecule has 0 amide bonds. The van der Waals surface area contributed by atoms with Crippen LogP contribution >= 0.6 is 0 Å². The smallest absolute Gasteiger partial charge is 0.339 e. The zero-order valence-corrected chi connectivity index (χ0v) is 12.9. The number of piperazine rings is 1. The summed E-state index contributed by atoms with van der Waals surface area (Å²) < 4.78 is 1.63. The normalized spacial score (nSPS) is 18.1. The van der Waals surface area contributed by atoms with Gasteiger partial charge in [0, 0.05) is 46.3 Å². The number of carboxylic acids is 1. The average molecular weight is 296 g/mol. The Bertz CT molecular complexity index is 499. The summed E-state index contributed by atoms with van der Waals surface area (Å²) >= 11 is 0. The highest BCUT2D eigenvalue weighted by Crippen LogP contribution is 2.14. The first-order chi connectivity index (χ1) is 9.76. The minimum Gasteiger partial charge on any atom is -0.478 e. The van der Waals surface area contributed by atoms with E-state index >= 15 is 0 Å². The van der Waals surface area contributed by atoms with E-state index in [0.29, 0.717) is 13.1 Å². The van der Waals surface area contributed by atoms with E-state index in [4.69, 9.17) is 0 Å². The van der Waals surface area contributed by atoms with E-state index in [2.05, 4.69) is 14.9 Å². The van der Waals surface area contributed by atoms with Crippen LogP contribution in [0.1, 0.15) is 29.9 Å². The number of rotatable bonds is 5. The molecule has 1 saturated heterocycles. The molecular weight excluding hydrogens is 272 g/mol. The predicted molar refractivity (Wildman–Crippen MR) is 78.2 cm³/mol. The molecule has 7 heteroatoms. The Morgan fingerprint density at radius 3 is 2.38 bits per heavy atom. The van der Waals surface area contributed by atoms with Gasteiger partial charge in [-0.05, 0) is 13.8 Å². The van der Waals surface area contributed by atoms with E-state index in [1.165, 1.54) is 6.20 Å². The van der Waals surface area contributed by atoms with Gasteiger partial charge in [-0.25, -0.2) is 4.79 Å². The van der Waals surface area contributed by atoms with Gasteiger partial charge >= 0.3 is 5.97 Å². The van der Waals surface area contributed by atoms with Gasteiger partial charge in [-0.2, -0.15) is 5.10 Å². The van der Waals surface area contributed by atoms with E-state index in [-0.39, 0.29) is 5.56 Å². The summed E-state index contributed by atoms with van der Waals surface area (Å²) in [6, 6.07) is 0. The molecule has 1 aromatic heterocycles. The number of carbonyl (C=O) groups is 1. The minimum absolute atomic E-state index is 0.274. The zero-order chi connectivity index (χ0) is 15.6. The van der Waals surface area contributed by atoms with Crippen LogP contribution in [0, 0.1) is 0 Å². The average Bonchev–Trinajstić information content (AvgIpc) is 2.72. The fourth-order valence-electron chi connectivity index (χ4n) is 2.69. The molecule has 1 aromatic rings. The zero-order valence-electron chi connectivity index (χ0n) is 12.9. The summed E-state index contributed by atoms with van der Waals surface area (Å²) in [7, 11) is 1.77. The van der Waals surface area contributed by atoms with Crippen molar-refractivity contribution >= 4 is 5.97 Å². The van der Waals surface area contributed by atoms with Crippen LogP contribution in [0.3, 0.4) is 0 Å². The van der Waals surface area contributed by atoms with E-state index in [0.717, 1.165) is 31.9 Å². The standard InChI is InChI=1S/C14H24N4O3/c1-14(2,21)10-18-6-4-17(5-7-18)9-12-11(13(19)20)8-15-16(12)3/h8,21H,4-7,9-10H2,1-3H3,(H,19,20). The summed E-state index contributed by atoms with van der Waals surface area (Å²) in [6.07, 6.45) is 1.40. The highest BCUT2D eigenvalue weighted by Gasteiger charge is 2.24. The lowest BCUT2D eigenvalue weighted by Crippen LogP contribution is -2.50. The van der Waals surface area contributed by atoms with Crippen molar-refractivity contribution in [2.75, 3.05) is 32.7 Å². The van der Waals surface area contributed by atoms with Crippen molar-refractivity contribution in [3.05, 3.63) is 17.5 Å². The maximum absolute atomic E-state index is 11.2. The highest BCUT2D eigenvalue weighted by molar-refractivity contribution is 5.88. The summed E-state index contributed by atoms with van der Waals surface area (Å²) in [4.78, 5) is 15.6. The monoisotopic (exact) mass is 296 g/mol. The lowest BCUT2D eigenvalue weighted by Gasteiger charge is -2.37. The lowest BCUT2D eigenvalue weighted by atomic mass is 10.1. The lowest BCUT2D eigenvalue weighted by molar-refractivity contribution is 0.0162. The molecule has 1 fully saturated rings. The van der Waals surface area contributed by atoms with E-state index in [1.54, 1.807) is 11.7 Å². The third-order valence-electron chi connectivity index (χ3n) is 3.74. The number of aryl methyl sites for hydroxylation is 1. The van der Waals surface area contributed by atoms with Crippen LogP contribution in [-0.2, 0) is 13.6 Å². The van der Waals surface area contributed by atoms with Crippen molar-refractivity contribution in [2.24, 2.45) is 7.05 Å². The first-order valence-electron chi connectivity index (χ1n) is 7.17. The van der Waals surface area contributed by atoms with Crippen LogP contribution < -0.4 is 0 Å². The molecule has 0 spiro atoms. The topological polar surface area (TPSA) is 81.8 Å². The second-order valence-electron chi connectivity index (χ2n) is 6.30. The molecule has 7 nitrogen and oxygen atoms in total.